The molecule has 1 atom stereocenters. The van der Waals surface area contributed by atoms with Gasteiger partial charge < -0.3 is 9.80 Å². The maximum atomic E-state index is 12.8. The van der Waals surface area contributed by atoms with Gasteiger partial charge in [-0.3, -0.25) is 14.5 Å². The summed E-state index contributed by atoms with van der Waals surface area (Å²) in [5.74, 6) is 1.62. The van der Waals surface area contributed by atoms with Gasteiger partial charge in [0.1, 0.15) is 5.82 Å². The molecular weight excluding hydrogens is 366 g/mol. The Balaban J connectivity index is 1.35. The quantitative estimate of drug-likeness (QED) is 0.777. The van der Waals surface area contributed by atoms with Crippen LogP contribution in [-0.4, -0.2) is 75.2 Å². The lowest BCUT2D eigenvalue weighted by Crippen LogP contribution is -2.47. The highest BCUT2D eigenvalue weighted by Crippen LogP contribution is 2.27. The summed E-state index contributed by atoms with van der Waals surface area (Å²) in [6.45, 7) is 8.38. The Bertz CT molecular complexity index is 760. The molecule has 4 rings (SSSR count). The van der Waals surface area contributed by atoms with Crippen molar-refractivity contribution >= 4 is 11.8 Å². The lowest BCUT2D eigenvalue weighted by atomic mass is 9.95. The van der Waals surface area contributed by atoms with Crippen LogP contribution in [0.25, 0.3) is 0 Å². The van der Waals surface area contributed by atoms with Gasteiger partial charge in [-0.2, -0.15) is 0 Å². The van der Waals surface area contributed by atoms with E-state index in [-0.39, 0.29) is 11.8 Å². The molecule has 0 aromatic carbocycles. The first-order valence-electron chi connectivity index (χ1n) is 11.1. The van der Waals surface area contributed by atoms with Crippen molar-refractivity contribution in [2.75, 3.05) is 32.7 Å². The van der Waals surface area contributed by atoms with Crippen molar-refractivity contribution in [3.63, 3.8) is 0 Å². The zero-order valence-corrected chi connectivity index (χ0v) is 17.8. The lowest BCUT2D eigenvalue weighted by Gasteiger charge is -2.36. The smallest absolute Gasteiger partial charge is 0.237 e. The van der Waals surface area contributed by atoms with Crippen LogP contribution < -0.4 is 0 Å². The van der Waals surface area contributed by atoms with Crippen molar-refractivity contribution in [3.05, 3.63) is 23.3 Å². The van der Waals surface area contributed by atoms with E-state index in [4.69, 9.17) is 4.98 Å². The molecule has 0 spiro atoms. The fraction of sp³-hybridized carbons (Fsp3) is 0.727. The van der Waals surface area contributed by atoms with Crippen molar-refractivity contribution in [2.24, 2.45) is 0 Å². The number of carbonyl (C=O) groups is 2. The highest BCUT2D eigenvalue weighted by atomic mass is 16.2. The van der Waals surface area contributed by atoms with Gasteiger partial charge in [-0.05, 0) is 39.2 Å². The lowest BCUT2D eigenvalue weighted by molar-refractivity contribution is -0.134. The first-order chi connectivity index (χ1) is 14.0. The normalized spacial score (nSPS) is 23.7. The molecule has 4 heterocycles. The molecule has 7 heteroatoms. The van der Waals surface area contributed by atoms with E-state index >= 15 is 0 Å². The fourth-order valence-corrected chi connectivity index (χ4v) is 4.86. The van der Waals surface area contributed by atoms with Crippen LogP contribution in [0.5, 0.6) is 0 Å². The highest BCUT2D eigenvalue weighted by molar-refractivity contribution is 5.78. The maximum absolute atomic E-state index is 12.8. The van der Waals surface area contributed by atoms with E-state index in [1.807, 2.05) is 16.0 Å². The van der Waals surface area contributed by atoms with Gasteiger partial charge in [-0.1, -0.05) is 6.42 Å². The third-order valence-corrected chi connectivity index (χ3v) is 6.89. The first-order valence-corrected chi connectivity index (χ1v) is 11.1. The second kappa shape index (κ2) is 8.78. The monoisotopic (exact) mass is 399 g/mol. The molecule has 0 radical (unpaired) electrons. The number of hydrogen-bond acceptors (Lipinski definition) is 5. The minimum atomic E-state index is 0.151. The minimum Gasteiger partial charge on any atom is -0.343 e. The Morgan fingerprint density at radius 3 is 2.59 bits per heavy atom. The molecule has 3 aliphatic heterocycles. The Kier molecular flexibility index (Phi) is 6.13. The van der Waals surface area contributed by atoms with Crippen LogP contribution in [0.2, 0.25) is 0 Å². The van der Waals surface area contributed by atoms with Crippen molar-refractivity contribution in [1.29, 1.82) is 0 Å². The second-order valence-corrected chi connectivity index (χ2v) is 8.86. The van der Waals surface area contributed by atoms with E-state index in [9.17, 15) is 9.59 Å². The molecule has 2 saturated heterocycles. The molecule has 158 valence electrons. The molecule has 0 N–H and O–H groups in total. The number of piperidine rings is 2. The fourth-order valence-electron chi connectivity index (χ4n) is 4.86. The average Bonchev–Trinajstić information content (AvgIpc) is 2.74. The van der Waals surface area contributed by atoms with Crippen molar-refractivity contribution in [3.8, 4) is 0 Å². The number of amides is 2. The van der Waals surface area contributed by atoms with E-state index in [1.165, 1.54) is 19.3 Å². The van der Waals surface area contributed by atoms with Crippen LogP contribution in [0, 0.1) is 0 Å². The van der Waals surface area contributed by atoms with Crippen molar-refractivity contribution in [2.45, 2.75) is 70.9 Å². The standard InChI is InChI=1S/C22H33N5O2/c1-16-5-3-4-9-26(16)15-21(29)27-12-8-20-19(14-27)13-23-22(24-20)18-6-10-25(11-7-18)17(2)28/h13,16,18H,3-12,14-15H2,1-2H3/t16-/m0/s1. The molecule has 7 nitrogen and oxygen atoms in total. The Morgan fingerprint density at radius 1 is 1.07 bits per heavy atom. The van der Waals surface area contributed by atoms with E-state index in [1.54, 1.807) is 6.92 Å². The number of fused-ring (bicyclic) bond motifs is 1. The van der Waals surface area contributed by atoms with E-state index in [0.29, 0.717) is 25.0 Å². The summed E-state index contributed by atoms with van der Waals surface area (Å²) in [4.78, 5) is 40.1. The third kappa shape index (κ3) is 4.60. The largest absolute Gasteiger partial charge is 0.343 e. The topological polar surface area (TPSA) is 69.6 Å². The molecule has 1 aromatic heterocycles. The van der Waals surface area contributed by atoms with Gasteiger partial charge >= 0.3 is 0 Å². The Labute approximate surface area is 173 Å². The molecule has 0 bridgehead atoms. The number of rotatable bonds is 3. The predicted octanol–water partition coefficient (Wildman–Crippen LogP) is 1.96. The molecule has 3 aliphatic rings. The van der Waals surface area contributed by atoms with E-state index in [0.717, 1.165) is 62.5 Å². The summed E-state index contributed by atoms with van der Waals surface area (Å²) < 4.78 is 0. The van der Waals surface area contributed by atoms with Crippen LogP contribution in [0.1, 0.15) is 69.0 Å². The summed E-state index contributed by atoms with van der Waals surface area (Å²) in [7, 11) is 0. The van der Waals surface area contributed by atoms with Gasteiger partial charge in [0.15, 0.2) is 0 Å². The third-order valence-electron chi connectivity index (χ3n) is 6.89. The van der Waals surface area contributed by atoms with Crippen LogP contribution in [-0.2, 0) is 22.6 Å². The molecule has 0 aliphatic carbocycles. The van der Waals surface area contributed by atoms with Gasteiger partial charge in [0.25, 0.3) is 0 Å². The molecule has 0 saturated carbocycles. The maximum Gasteiger partial charge on any atom is 0.237 e. The zero-order chi connectivity index (χ0) is 20.4. The molecule has 1 aromatic rings. The zero-order valence-electron chi connectivity index (χ0n) is 17.8. The van der Waals surface area contributed by atoms with Crippen LogP contribution >= 0.6 is 0 Å². The molecule has 0 unspecified atom stereocenters. The van der Waals surface area contributed by atoms with Gasteiger partial charge in [0.2, 0.25) is 11.8 Å². The number of likely N-dealkylation sites (tertiary alicyclic amines) is 2. The van der Waals surface area contributed by atoms with E-state index < -0.39 is 0 Å². The molecule has 2 amide bonds. The van der Waals surface area contributed by atoms with Crippen molar-refractivity contribution < 1.29 is 9.59 Å². The minimum absolute atomic E-state index is 0.151. The van der Waals surface area contributed by atoms with Crippen LogP contribution in [0.4, 0.5) is 0 Å². The van der Waals surface area contributed by atoms with Crippen molar-refractivity contribution in [1.82, 2.24) is 24.7 Å². The number of carbonyl (C=O) groups excluding carboxylic acids is 2. The Morgan fingerprint density at radius 2 is 1.86 bits per heavy atom. The molecular formula is C22H33N5O2. The number of aromatic nitrogens is 2. The first kappa shape index (κ1) is 20.3. The van der Waals surface area contributed by atoms with Gasteiger partial charge in [-0.15, -0.1) is 0 Å². The molecule has 29 heavy (non-hydrogen) atoms. The van der Waals surface area contributed by atoms with Crippen LogP contribution in [0.15, 0.2) is 6.20 Å². The summed E-state index contributed by atoms with van der Waals surface area (Å²) >= 11 is 0. The van der Waals surface area contributed by atoms with Gasteiger partial charge in [0, 0.05) is 63.2 Å². The highest BCUT2D eigenvalue weighted by Gasteiger charge is 2.28. The number of nitrogens with zero attached hydrogens (tertiary/aromatic N) is 5. The summed E-state index contributed by atoms with van der Waals surface area (Å²) in [5.41, 5.74) is 2.18. The molecule has 2 fully saturated rings. The van der Waals surface area contributed by atoms with Gasteiger partial charge in [0.05, 0.1) is 12.2 Å². The average molecular weight is 400 g/mol. The predicted molar refractivity (Wildman–Crippen MR) is 110 cm³/mol. The summed E-state index contributed by atoms with van der Waals surface area (Å²) in [6.07, 6.45) is 8.25. The number of hydrogen-bond donors (Lipinski definition) is 0. The Hall–Kier alpha value is -2.02. The van der Waals surface area contributed by atoms with Gasteiger partial charge in [-0.25, -0.2) is 9.97 Å². The second-order valence-electron chi connectivity index (χ2n) is 8.86. The van der Waals surface area contributed by atoms with Crippen LogP contribution in [0.3, 0.4) is 0 Å². The van der Waals surface area contributed by atoms with E-state index in [2.05, 4.69) is 16.8 Å². The summed E-state index contributed by atoms with van der Waals surface area (Å²) in [5, 5.41) is 0. The SMILES string of the molecule is CC(=O)N1CCC(c2ncc3c(n2)CCN(C(=O)CN2CCCC[C@@H]2C)C3)CC1. The summed E-state index contributed by atoms with van der Waals surface area (Å²) in [6, 6.07) is 0.505.